The maximum Gasteiger partial charge on any atom is 0.251 e. The van der Waals surface area contributed by atoms with Gasteiger partial charge in [-0.15, -0.1) is 23.5 Å². The van der Waals surface area contributed by atoms with E-state index in [-0.39, 0.29) is 11.8 Å². The molecule has 4 heteroatoms. The van der Waals surface area contributed by atoms with Crippen molar-refractivity contribution in [2.45, 2.75) is 16.9 Å². The minimum Gasteiger partial charge on any atom is -0.352 e. The zero-order valence-corrected chi connectivity index (χ0v) is 17.9. The van der Waals surface area contributed by atoms with Crippen LogP contribution >= 0.6 is 23.5 Å². The zero-order valence-electron chi connectivity index (χ0n) is 16.3. The lowest BCUT2D eigenvalue weighted by Gasteiger charge is -2.18. The fourth-order valence-corrected chi connectivity index (χ4v) is 6.53. The summed E-state index contributed by atoms with van der Waals surface area (Å²) in [4.78, 5) is 12.6. The Bertz CT molecular complexity index is 867. The summed E-state index contributed by atoms with van der Waals surface area (Å²) in [5, 5.41) is 3.11. The van der Waals surface area contributed by atoms with Gasteiger partial charge in [0.25, 0.3) is 5.91 Å². The summed E-state index contributed by atoms with van der Waals surface area (Å²) >= 11 is 3.97. The maximum absolute atomic E-state index is 12.6. The van der Waals surface area contributed by atoms with Crippen LogP contribution in [0.15, 0.2) is 84.9 Å². The minimum absolute atomic E-state index is 0.00292. The van der Waals surface area contributed by atoms with E-state index >= 15 is 0 Å². The van der Waals surface area contributed by atoms with E-state index in [1.54, 1.807) is 0 Å². The van der Waals surface area contributed by atoms with E-state index in [9.17, 15) is 4.79 Å². The average Bonchev–Trinajstić information content (AvgIpc) is 3.33. The fraction of sp³-hybridized carbons (Fsp3) is 0.240. The number of nitrogens with one attached hydrogen (secondary N) is 1. The van der Waals surface area contributed by atoms with Crippen LogP contribution < -0.4 is 5.32 Å². The molecule has 29 heavy (non-hydrogen) atoms. The molecule has 2 nitrogen and oxygen atoms in total. The Labute approximate surface area is 181 Å². The molecule has 1 aliphatic rings. The van der Waals surface area contributed by atoms with Crippen molar-refractivity contribution in [1.82, 2.24) is 5.32 Å². The predicted octanol–water partition coefficient (Wildman–Crippen LogP) is 6.12. The second-order valence-electron chi connectivity index (χ2n) is 7.11. The van der Waals surface area contributed by atoms with Crippen molar-refractivity contribution in [2.24, 2.45) is 0 Å². The molecule has 0 aromatic heterocycles. The summed E-state index contributed by atoms with van der Waals surface area (Å²) in [7, 11) is 0. The van der Waals surface area contributed by atoms with Crippen molar-refractivity contribution in [3.05, 3.63) is 107 Å². The molecule has 4 rings (SSSR count). The van der Waals surface area contributed by atoms with Gasteiger partial charge in [-0.2, -0.15) is 0 Å². The molecule has 1 amide bonds. The Morgan fingerprint density at radius 3 is 1.93 bits per heavy atom. The van der Waals surface area contributed by atoms with Crippen LogP contribution in [0, 0.1) is 0 Å². The van der Waals surface area contributed by atoms with E-state index in [1.807, 2.05) is 47.8 Å². The molecule has 0 radical (unpaired) electrons. The fourth-order valence-electron chi connectivity index (χ4n) is 3.67. The van der Waals surface area contributed by atoms with Crippen molar-refractivity contribution in [3.8, 4) is 0 Å². The molecule has 0 saturated carbocycles. The Kier molecular flexibility index (Phi) is 6.96. The Morgan fingerprint density at radius 2 is 1.38 bits per heavy atom. The Balaban J connectivity index is 1.37. The lowest BCUT2D eigenvalue weighted by Crippen LogP contribution is -2.25. The monoisotopic (exact) mass is 419 g/mol. The number of thioether (sulfide) groups is 2. The predicted molar refractivity (Wildman–Crippen MR) is 126 cm³/mol. The topological polar surface area (TPSA) is 29.1 Å². The van der Waals surface area contributed by atoms with Crippen LogP contribution in [0.5, 0.6) is 0 Å². The normalized spacial score (nSPS) is 14.2. The van der Waals surface area contributed by atoms with E-state index in [0.717, 1.165) is 12.0 Å². The third kappa shape index (κ3) is 5.26. The van der Waals surface area contributed by atoms with Gasteiger partial charge in [-0.05, 0) is 35.2 Å². The highest BCUT2D eigenvalue weighted by molar-refractivity contribution is 8.19. The van der Waals surface area contributed by atoms with E-state index in [2.05, 4.69) is 66.0 Å². The van der Waals surface area contributed by atoms with Crippen LogP contribution in [0.4, 0.5) is 0 Å². The van der Waals surface area contributed by atoms with Gasteiger partial charge < -0.3 is 5.32 Å². The number of amides is 1. The molecule has 1 N–H and O–H groups in total. The lowest BCUT2D eigenvalue weighted by molar-refractivity contribution is 0.0953. The molecule has 1 fully saturated rings. The smallest absolute Gasteiger partial charge is 0.251 e. The standard InChI is InChI=1S/C25H25NOS2/c27-24(21-11-13-22(14-12-21)25-28-17-18-29-25)26-16-15-23(19-7-3-1-4-8-19)20-9-5-2-6-10-20/h1-14,23,25H,15-18H2,(H,26,27). The van der Waals surface area contributed by atoms with Crippen molar-refractivity contribution in [1.29, 1.82) is 0 Å². The molecule has 1 aliphatic heterocycles. The third-order valence-corrected chi connectivity index (χ3v) is 8.29. The largest absolute Gasteiger partial charge is 0.352 e. The first kappa shape index (κ1) is 20.1. The molecule has 0 bridgehead atoms. The molecule has 0 unspecified atom stereocenters. The molecule has 1 saturated heterocycles. The number of rotatable bonds is 7. The second kappa shape index (κ2) is 10.0. The first-order chi connectivity index (χ1) is 14.3. The molecule has 3 aromatic carbocycles. The first-order valence-electron chi connectivity index (χ1n) is 10.0. The summed E-state index contributed by atoms with van der Waals surface area (Å²) in [6, 6.07) is 29.1. The summed E-state index contributed by atoms with van der Waals surface area (Å²) in [6.07, 6.45) is 0.868. The van der Waals surface area contributed by atoms with E-state index in [0.29, 0.717) is 11.1 Å². The highest BCUT2D eigenvalue weighted by Gasteiger charge is 2.19. The maximum atomic E-state index is 12.6. The number of benzene rings is 3. The van der Waals surface area contributed by atoms with Crippen LogP contribution in [0.1, 0.15) is 44.0 Å². The summed E-state index contributed by atoms with van der Waals surface area (Å²) < 4.78 is 0.518. The van der Waals surface area contributed by atoms with Crippen molar-refractivity contribution in [3.63, 3.8) is 0 Å². The van der Waals surface area contributed by atoms with Crippen molar-refractivity contribution < 1.29 is 4.79 Å². The SMILES string of the molecule is O=C(NCCC(c1ccccc1)c1ccccc1)c1ccc(C2SCCS2)cc1. The highest BCUT2D eigenvalue weighted by atomic mass is 32.2. The molecule has 0 aliphatic carbocycles. The quantitative estimate of drug-likeness (QED) is 0.500. The molecule has 3 aromatic rings. The van der Waals surface area contributed by atoms with Gasteiger partial charge in [0.2, 0.25) is 0 Å². The third-order valence-electron chi connectivity index (χ3n) is 5.19. The van der Waals surface area contributed by atoms with Gasteiger partial charge in [0.05, 0.1) is 4.58 Å². The zero-order chi connectivity index (χ0) is 19.9. The van der Waals surface area contributed by atoms with Gasteiger partial charge in [0.1, 0.15) is 0 Å². The number of carbonyl (C=O) groups is 1. The van der Waals surface area contributed by atoms with Gasteiger partial charge in [-0.25, -0.2) is 0 Å². The Morgan fingerprint density at radius 1 is 0.828 bits per heavy atom. The van der Waals surface area contributed by atoms with Gasteiger partial charge in [-0.1, -0.05) is 72.8 Å². The second-order valence-corrected chi connectivity index (χ2v) is 9.84. The average molecular weight is 420 g/mol. The van der Waals surface area contributed by atoms with E-state index < -0.39 is 0 Å². The van der Waals surface area contributed by atoms with Crippen LogP contribution in [0.2, 0.25) is 0 Å². The summed E-state index contributed by atoms with van der Waals surface area (Å²) in [5.74, 6) is 2.70. The van der Waals surface area contributed by atoms with Gasteiger partial charge in [0.15, 0.2) is 0 Å². The van der Waals surface area contributed by atoms with Crippen molar-refractivity contribution in [2.75, 3.05) is 18.1 Å². The molecular formula is C25H25NOS2. The molecule has 0 spiro atoms. The molecular weight excluding hydrogens is 394 g/mol. The van der Waals surface area contributed by atoms with Crippen LogP contribution in [0.25, 0.3) is 0 Å². The number of hydrogen-bond acceptors (Lipinski definition) is 3. The lowest BCUT2D eigenvalue weighted by atomic mass is 9.88. The van der Waals surface area contributed by atoms with Crippen molar-refractivity contribution >= 4 is 29.4 Å². The van der Waals surface area contributed by atoms with Gasteiger partial charge in [-0.3, -0.25) is 4.79 Å². The van der Waals surface area contributed by atoms with Crippen LogP contribution in [0.3, 0.4) is 0 Å². The minimum atomic E-state index is 0.00292. The van der Waals surface area contributed by atoms with E-state index in [4.69, 9.17) is 0 Å². The van der Waals surface area contributed by atoms with E-state index in [1.165, 1.54) is 28.2 Å². The van der Waals surface area contributed by atoms with Gasteiger partial charge in [0, 0.05) is 29.5 Å². The molecule has 148 valence electrons. The number of carbonyl (C=O) groups excluding carboxylic acids is 1. The highest BCUT2D eigenvalue weighted by Crippen LogP contribution is 2.45. The first-order valence-corrected chi connectivity index (χ1v) is 12.1. The summed E-state index contributed by atoms with van der Waals surface area (Å²) in [6.45, 7) is 0.642. The molecule has 0 atom stereocenters. The molecule has 1 heterocycles. The number of hydrogen-bond donors (Lipinski definition) is 1. The van der Waals surface area contributed by atoms with Crippen LogP contribution in [-0.2, 0) is 0 Å². The summed E-state index contributed by atoms with van der Waals surface area (Å²) in [5.41, 5.74) is 4.60. The van der Waals surface area contributed by atoms with Gasteiger partial charge >= 0.3 is 0 Å². The van der Waals surface area contributed by atoms with Crippen LogP contribution in [-0.4, -0.2) is 24.0 Å². The Hall–Kier alpha value is -2.17.